The number of nitrogens with two attached hydrogens (primary N) is 1. The number of carbonyl (C=O) groups excluding carboxylic acids is 1. The second kappa shape index (κ2) is 4.67. The van der Waals surface area contributed by atoms with Gasteiger partial charge in [0.25, 0.3) is 0 Å². The van der Waals surface area contributed by atoms with Crippen LogP contribution in [0.25, 0.3) is 0 Å². The Balaban J connectivity index is 3.47. The zero-order valence-electron chi connectivity index (χ0n) is 7.11. The van der Waals surface area contributed by atoms with Gasteiger partial charge in [-0.25, -0.2) is 4.79 Å². The van der Waals surface area contributed by atoms with Crippen molar-refractivity contribution in [1.82, 2.24) is 0 Å². The molecule has 76 valence electrons. The normalized spacial score (nSPS) is 10.0. The smallest absolute Gasteiger partial charge is 0.341 e. The van der Waals surface area contributed by atoms with Crippen LogP contribution in [0.1, 0.15) is 10.4 Å². The van der Waals surface area contributed by atoms with E-state index in [4.69, 9.17) is 17.3 Å². The van der Waals surface area contributed by atoms with Crippen molar-refractivity contribution in [3.63, 3.8) is 0 Å². The van der Waals surface area contributed by atoms with Crippen molar-refractivity contribution in [1.29, 1.82) is 0 Å². The van der Waals surface area contributed by atoms with E-state index in [9.17, 15) is 4.79 Å². The fourth-order valence-electron chi connectivity index (χ4n) is 0.911. The number of hydrogen-bond acceptors (Lipinski definition) is 3. The maximum absolute atomic E-state index is 11.3. The van der Waals surface area contributed by atoms with Gasteiger partial charge in [-0.1, -0.05) is 11.6 Å². The molecule has 0 saturated heterocycles. The van der Waals surface area contributed by atoms with Gasteiger partial charge in [0.2, 0.25) is 0 Å². The van der Waals surface area contributed by atoms with E-state index in [1.165, 1.54) is 7.11 Å². The third-order valence-corrected chi connectivity index (χ3v) is 3.74. The third-order valence-electron chi connectivity index (χ3n) is 1.60. The summed E-state index contributed by atoms with van der Waals surface area (Å²) in [7, 11) is 1.28. The zero-order chi connectivity index (χ0) is 10.9. The first kappa shape index (κ1) is 12.1. The number of methoxy groups -OCH3 is 1. The predicted molar refractivity (Wildman–Crippen MR) is 67.6 cm³/mol. The Morgan fingerprint density at radius 1 is 1.71 bits per heavy atom. The maximum Gasteiger partial charge on any atom is 0.341 e. The molecule has 0 aromatic heterocycles. The largest absolute Gasteiger partial charge is 0.465 e. The topological polar surface area (TPSA) is 52.3 Å². The summed E-state index contributed by atoms with van der Waals surface area (Å²) in [5, 5.41) is 0.273. The molecule has 6 heteroatoms. The Morgan fingerprint density at radius 2 is 2.29 bits per heavy atom. The lowest BCUT2D eigenvalue weighted by atomic mass is 10.2. The second-order valence-corrected chi connectivity index (χ2v) is 4.83. The summed E-state index contributed by atoms with van der Waals surface area (Å²) in [6.45, 7) is 0. The van der Waals surface area contributed by atoms with E-state index < -0.39 is 5.97 Å². The first-order valence-electron chi connectivity index (χ1n) is 3.50. The molecule has 0 amide bonds. The van der Waals surface area contributed by atoms with E-state index in [0.717, 1.165) is 3.57 Å². The number of ether oxygens (including phenoxy) is 1. The number of esters is 1. The van der Waals surface area contributed by atoms with Gasteiger partial charge in [-0.2, -0.15) is 0 Å². The third kappa shape index (κ3) is 2.14. The summed E-state index contributed by atoms with van der Waals surface area (Å²) in [4.78, 5) is 11.3. The van der Waals surface area contributed by atoms with Gasteiger partial charge < -0.3 is 10.5 Å². The van der Waals surface area contributed by atoms with Gasteiger partial charge in [0.1, 0.15) is 5.56 Å². The highest BCUT2D eigenvalue weighted by Crippen LogP contribution is 2.34. The quantitative estimate of drug-likeness (QED) is 0.347. The van der Waals surface area contributed by atoms with Crippen LogP contribution >= 0.6 is 50.1 Å². The van der Waals surface area contributed by atoms with Crippen LogP contribution in [0.5, 0.6) is 0 Å². The number of hydrogen-bond donors (Lipinski definition) is 1. The van der Waals surface area contributed by atoms with Crippen molar-refractivity contribution in [3.05, 3.63) is 24.7 Å². The Hall–Kier alpha value is -0.0100. The van der Waals surface area contributed by atoms with Crippen molar-refractivity contribution in [2.24, 2.45) is 0 Å². The van der Waals surface area contributed by atoms with E-state index in [2.05, 4.69) is 20.7 Å². The van der Waals surface area contributed by atoms with Gasteiger partial charge in [-0.15, -0.1) is 0 Å². The van der Waals surface area contributed by atoms with Crippen LogP contribution in [-0.2, 0) is 4.74 Å². The van der Waals surface area contributed by atoms with Crippen LogP contribution < -0.4 is 5.73 Å². The van der Waals surface area contributed by atoms with Crippen LogP contribution in [0.15, 0.2) is 10.5 Å². The molecule has 1 aromatic carbocycles. The SMILES string of the molecule is COC(=O)c1c(N)c(I)cc(Br)c1Cl. The highest BCUT2D eigenvalue weighted by Gasteiger charge is 2.19. The van der Waals surface area contributed by atoms with Crippen LogP contribution in [0.4, 0.5) is 5.69 Å². The van der Waals surface area contributed by atoms with E-state index in [1.54, 1.807) is 6.07 Å². The van der Waals surface area contributed by atoms with Crippen LogP contribution in [-0.4, -0.2) is 13.1 Å². The first-order chi connectivity index (χ1) is 6.49. The summed E-state index contributed by atoms with van der Waals surface area (Å²) in [5.41, 5.74) is 6.26. The lowest BCUT2D eigenvalue weighted by Gasteiger charge is -2.09. The lowest BCUT2D eigenvalue weighted by Crippen LogP contribution is -2.08. The van der Waals surface area contributed by atoms with Gasteiger partial charge in [0, 0.05) is 8.04 Å². The number of carbonyl (C=O) groups is 1. The molecule has 0 fully saturated rings. The predicted octanol–water partition coefficient (Wildman–Crippen LogP) is 3.08. The van der Waals surface area contributed by atoms with Crippen molar-refractivity contribution in [2.45, 2.75) is 0 Å². The average Bonchev–Trinajstić information content (AvgIpc) is 2.15. The van der Waals surface area contributed by atoms with Gasteiger partial charge in [-0.05, 0) is 44.6 Å². The molecule has 0 unspecified atom stereocenters. The molecule has 3 nitrogen and oxygen atoms in total. The maximum atomic E-state index is 11.3. The lowest BCUT2D eigenvalue weighted by molar-refractivity contribution is 0.0602. The standard InChI is InChI=1S/C8H6BrClINO2/c1-14-8(13)5-6(10)3(9)2-4(11)7(5)12/h2H,12H2,1H3. The van der Waals surface area contributed by atoms with Crippen molar-refractivity contribution in [3.8, 4) is 0 Å². The Kier molecular flexibility index (Phi) is 4.03. The Bertz CT molecular complexity index is 371. The molecule has 0 heterocycles. The van der Waals surface area contributed by atoms with Crippen LogP contribution in [0.2, 0.25) is 5.02 Å². The molecule has 2 N–H and O–H groups in total. The molecule has 0 spiro atoms. The van der Waals surface area contributed by atoms with Crippen LogP contribution in [0, 0.1) is 3.57 Å². The average molecular weight is 390 g/mol. The summed E-state index contributed by atoms with van der Waals surface area (Å²) in [6.07, 6.45) is 0. The molecule has 0 bridgehead atoms. The number of halogens is 3. The highest BCUT2D eigenvalue weighted by atomic mass is 127. The number of rotatable bonds is 1. The summed E-state index contributed by atoms with van der Waals surface area (Å²) in [5.74, 6) is -0.535. The summed E-state index contributed by atoms with van der Waals surface area (Å²) < 4.78 is 5.95. The molecule has 14 heavy (non-hydrogen) atoms. The van der Waals surface area contributed by atoms with Gasteiger partial charge >= 0.3 is 5.97 Å². The number of anilines is 1. The van der Waals surface area contributed by atoms with Crippen molar-refractivity contribution < 1.29 is 9.53 Å². The van der Waals surface area contributed by atoms with E-state index in [1.807, 2.05) is 22.6 Å². The van der Waals surface area contributed by atoms with Crippen molar-refractivity contribution in [2.75, 3.05) is 12.8 Å². The summed E-state index contributed by atoms with van der Waals surface area (Å²) >= 11 is 11.2. The van der Waals surface area contributed by atoms with E-state index in [-0.39, 0.29) is 10.6 Å². The molecule has 1 rings (SSSR count). The number of nitrogen functional groups attached to an aromatic ring is 1. The summed E-state index contributed by atoms with van der Waals surface area (Å²) in [6, 6.07) is 1.74. The molecule has 0 aliphatic carbocycles. The van der Waals surface area contributed by atoms with Gasteiger partial charge in [-0.3, -0.25) is 0 Å². The highest BCUT2D eigenvalue weighted by molar-refractivity contribution is 14.1. The minimum Gasteiger partial charge on any atom is -0.465 e. The van der Waals surface area contributed by atoms with E-state index in [0.29, 0.717) is 10.2 Å². The van der Waals surface area contributed by atoms with Crippen LogP contribution in [0.3, 0.4) is 0 Å². The molecule has 0 aliphatic heterocycles. The Morgan fingerprint density at radius 3 is 2.79 bits per heavy atom. The monoisotopic (exact) mass is 389 g/mol. The van der Waals surface area contributed by atoms with Gasteiger partial charge in [0.15, 0.2) is 0 Å². The molecule has 0 saturated carbocycles. The fraction of sp³-hybridized carbons (Fsp3) is 0.125. The molecule has 0 aliphatic rings. The van der Waals surface area contributed by atoms with Crippen molar-refractivity contribution >= 4 is 61.8 Å². The second-order valence-electron chi connectivity index (χ2n) is 2.43. The fourth-order valence-corrected chi connectivity index (χ4v) is 2.58. The molecule has 0 radical (unpaired) electrons. The molecular formula is C8H6BrClINO2. The first-order valence-corrected chi connectivity index (χ1v) is 5.75. The minimum absolute atomic E-state index is 0.202. The zero-order valence-corrected chi connectivity index (χ0v) is 11.6. The molecule has 1 aromatic rings. The molecule has 0 atom stereocenters. The molecular weight excluding hydrogens is 384 g/mol. The number of benzene rings is 1. The Labute approximate surface area is 108 Å². The minimum atomic E-state index is -0.535. The van der Waals surface area contributed by atoms with Gasteiger partial charge in [0.05, 0.1) is 17.8 Å². The van der Waals surface area contributed by atoms with E-state index >= 15 is 0 Å².